The lowest BCUT2D eigenvalue weighted by molar-refractivity contribution is 0.666. The summed E-state index contributed by atoms with van der Waals surface area (Å²) in [6.45, 7) is 0. The molecule has 5 rings (SSSR count). The summed E-state index contributed by atoms with van der Waals surface area (Å²) in [4.78, 5) is 13.3. The van der Waals surface area contributed by atoms with Crippen LogP contribution >= 0.6 is 0 Å². The topological polar surface area (TPSA) is 51.8 Å². The molecule has 0 saturated heterocycles. The molecule has 0 fully saturated rings. The molecule has 108 valence electrons. The van der Waals surface area contributed by atoms with Crippen molar-refractivity contribution in [2.45, 2.75) is 0 Å². The summed E-state index contributed by atoms with van der Waals surface area (Å²) >= 11 is 0. The molecule has 4 heterocycles. The molecular formula is C19H11N3O. The lowest BCUT2D eigenvalue weighted by Gasteiger charge is -2.06. The number of hydrogen-bond donors (Lipinski definition) is 0. The standard InChI is InChI=1S/C19H11N3O/c1-2-4-13-12(3-1)5-9-21-18(13)19-17-14-6-8-20-11-16(14)23-15(17)7-10-22-19/h1-11H. The summed E-state index contributed by atoms with van der Waals surface area (Å²) < 4.78 is 5.90. The molecule has 4 heteroatoms. The van der Waals surface area contributed by atoms with Crippen molar-refractivity contribution in [2.24, 2.45) is 0 Å². The smallest absolute Gasteiger partial charge is 0.153 e. The van der Waals surface area contributed by atoms with Crippen LogP contribution < -0.4 is 0 Å². The fraction of sp³-hybridized carbons (Fsp3) is 0. The fourth-order valence-electron chi connectivity index (χ4n) is 3.06. The number of pyridine rings is 3. The molecule has 0 atom stereocenters. The van der Waals surface area contributed by atoms with Crippen molar-refractivity contribution < 1.29 is 4.42 Å². The van der Waals surface area contributed by atoms with Gasteiger partial charge in [-0.2, -0.15) is 0 Å². The monoisotopic (exact) mass is 297 g/mol. The molecule has 1 aromatic carbocycles. The van der Waals surface area contributed by atoms with Gasteiger partial charge in [0, 0.05) is 29.4 Å². The molecule has 0 N–H and O–H groups in total. The third kappa shape index (κ3) is 1.75. The van der Waals surface area contributed by atoms with Crippen LogP contribution in [0.4, 0.5) is 0 Å². The average Bonchev–Trinajstić information content (AvgIpc) is 3.00. The van der Waals surface area contributed by atoms with Crippen LogP contribution in [-0.2, 0) is 0 Å². The van der Waals surface area contributed by atoms with E-state index in [1.54, 1.807) is 18.6 Å². The number of furan rings is 1. The van der Waals surface area contributed by atoms with Gasteiger partial charge in [0.2, 0.25) is 0 Å². The Bertz CT molecular complexity index is 1170. The Hall–Kier alpha value is -3.27. The minimum atomic E-state index is 0.761. The summed E-state index contributed by atoms with van der Waals surface area (Å²) in [5, 5.41) is 4.21. The average molecular weight is 297 g/mol. The van der Waals surface area contributed by atoms with Crippen molar-refractivity contribution in [3.63, 3.8) is 0 Å². The predicted octanol–water partition coefficient (Wildman–Crippen LogP) is 4.59. The van der Waals surface area contributed by atoms with Crippen molar-refractivity contribution in [3.05, 3.63) is 67.3 Å². The van der Waals surface area contributed by atoms with E-state index in [-0.39, 0.29) is 0 Å². The highest BCUT2D eigenvalue weighted by Gasteiger charge is 2.16. The first-order valence-electron chi connectivity index (χ1n) is 7.37. The molecule has 0 aliphatic heterocycles. The van der Waals surface area contributed by atoms with Crippen molar-refractivity contribution in [1.82, 2.24) is 15.0 Å². The maximum Gasteiger partial charge on any atom is 0.153 e. The number of benzene rings is 1. The van der Waals surface area contributed by atoms with E-state index in [1.165, 1.54) is 0 Å². The zero-order chi connectivity index (χ0) is 15.2. The van der Waals surface area contributed by atoms with Crippen LogP contribution in [0, 0.1) is 0 Å². The van der Waals surface area contributed by atoms with Gasteiger partial charge in [0.25, 0.3) is 0 Å². The molecule has 5 aromatic rings. The molecule has 0 aliphatic rings. The maximum atomic E-state index is 5.90. The van der Waals surface area contributed by atoms with Crippen LogP contribution in [0.5, 0.6) is 0 Å². The molecule has 0 amide bonds. The van der Waals surface area contributed by atoms with Crippen LogP contribution in [0.25, 0.3) is 44.1 Å². The van der Waals surface area contributed by atoms with E-state index in [0.29, 0.717) is 0 Å². The van der Waals surface area contributed by atoms with Crippen LogP contribution in [0.15, 0.2) is 71.7 Å². The second-order valence-electron chi connectivity index (χ2n) is 5.39. The molecule has 0 radical (unpaired) electrons. The molecule has 0 bridgehead atoms. The van der Waals surface area contributed by atoms with Gasteiger partial charge in [-0.05, 0) is 23.6 Å². The number of nitrogens with zero attached hydrogens (tertiary/aromatic N) is 3. The van der Waals surface area contributed by atoms with Crippen molar-refractivity contribution in [1.29, 1.82) is 0 Å². The highest BCUT2D eigenvalue weighted by Crippen LogP contribution is 2.36. The van der Waals surface area contributed by atoms with E-state index in [1.807, 2.05) is 36.5 Å². The summed E-state index contributed by atoms with van der Waals surface area (Å²) in [5.74, 6) is 0. The van der Waals surface area contributed by atoms with Gasteiger partial charge < -0.3 is 4.42 Å². The molecule has 4 nitrogen and oxygen atoms in total. The molecule has 0 spiro atoms. The zero-order valence-corrected chi connectivity index (χ0v) is 12.1. The van der Waals surface area contributed by atoms with Gasteiger partial charge in [-0.15, -0.1) is 0 Å². The Labute approximate surface area is 131 Å². The number of aromatic nitrogens is 3. The van der Waals surface area contributed by atoms with E-state index in [4.69, 9.17) is 4.42 Å². The third-order valence-electron chi connectivity index (χ3n) is 4.08. The lowest BCUT2D eigenvalue weighted by Crippen LogP contribution is -1.89. The van der Waals surface area contributed by atoms with Crippen LogP contribution in [0.1, 0.15) is 0 Å². The largest absolute Gasteiger partial charge is 0.454 e. The van der Waals surface area contributed by atoms with Crippen LogP contribution in [0.2, 0.25) is 0 Å². The SMILES string of the molecule is c1ccc2c(-c3nccc4oc5cnccc5c34)nccc2c1. The Morgan fingerprint density at radius 3 is 2.57 bits per heavy atom. The molecule has 0 aliphatic carbocycles. The summed E-state index contributed by atoms with van der Waals surface area (Å²) in [5.41, 5.74) is 3.27. The minimum Gasteiger partial charge on any atom is -0.454 e. The third-order valence-corrected chi connectivity index (χ3v) is 4.08. The van der Waals surface area contributed by atoms with Gasteiger partial charge in [0.15, 0.2) is 5.58 Å². The Morgan fingerprint density at radius 2 is 1.57 bits per heavy atom. The Kier molecular flexibility index (Phi) is 2.46. The normalized spacial score (nSPS) is 11.5. The molecule has 23 heavy (non-hydrogen) atoms. The van der Waals surface area contributed by atoms with Crippen LogP contribution in [0.3, 0.4) is 0 Å². The second-order valence-corrected chi connectivity index (χ2v) is 5.39. The van der Waals surface area contributed by atoms with Crippen molar-refractivity contribution in [2.75, 3.05) is 0 Å². The number of rotatable bonds is 1. The van der Waals surface area contributed by atoms with Gasteiger partial charge in [-0.1, -0.05) is 24.3 Å². The molecule has 0 saturated carbocycles. The lowest BCUT2D eigenvalue weighted by atomic mass is 10.0. The Balaban J connectivity index is 1.96. The van der Waals surface area contributed by atoms with Gasteiger partial charge in [0.1, 0.15) is 11.3 Å². The van der Waals surface area contributed by atoms with Crippen molar-refractivity contribution >= 4 is 32.7 Å². The Morgan fingerprint density at radius 1 is 0.696 bits per heavy atom. The first-order valence-corrected chi connectivity index (χ1v) is 7.37. The fourth-order valence-corrected chi connectivity index (χ4v) is 3.06. The maximum absolute atomic E-state index is 5.90. The predicted molar refractivity (Wildman–Crippen MR) is 90.0 cm³/mol. The first-order chi connectivity index (χ1) is 11.4. The second kappa shape index (κ2) is 4.61. The zero-order valence-electron chi connectivity index (χ0n) is 12.1. The summed E-state index contributed by atoms with van der Waals surface area (Å²) in [6, 6.07) is 14.0. The summed E-state index contributed by atoms with van der Waals surface area (Å²) in [6.07, 6.45) is 7.08. The first kappa shape index (κ1) is 12.3. The molecule has 0 unspecified atom stereocenters. The quantitative estimate of drug-likeness (QED) is 0.454. The van der Waals surface area contributed by atoms with E-state index in [2.05, 4.69) is 27.1 Å². The van der Waals surface area contributed by atoms with Gasteiger partial charge >= 0.3 is 0 Å². The summed E-state index contributed by atoms with van der Waals surface area (Å²) in [7, 11) is 0. The van der Waals surface area contributed by atoms with E-state index < -0.39 is 0 Å². The van der Waals surface area contributed by atoms with Gasteiger partial charge in [-0.3, -0.25) is 15.0 Å². The van der Waals surface area contributed by atoms with Crippen LogP contribution in [-0.4, -0.2) is 15.0 Å². The highest BCUT2D eigenvalue weighted by atomic mass is 16.3. The minimum absolute atomic E-state index is 0.761. The molecular weight excluding hydrogens is 286 g/mol. The van der Waals surface area contributed by atoms with Gasteiger partial charge in [0.05, 0.1) is 17.3 Å². The highest BCUT2D eigenvalue weighted by molar-refractivity contribution is 6.13. The number of hydrogen-bond acceptors (Lipinski definition) is 4. The van der Waals surface area contributed by atoms with E-state index in [9.17, 15) is 0 Å². The van der Waals surface area contributed by atoms with Gasteiger partial charge in [-0.25, -0.2) is 0 Å². The van der Waals surface area contributed by atoms with E-state index >= 15 is 0 Å². The number of fused-ring (bicyclic) bond motifs is 4. The molecule has 4 aromatic heterocycles. The van der Waals surface area contributed by atoms with E-state index in [0.717, 1.165) is 44.1 Å². The van der Waals surface area contributed by atoms with Crippen molar-refractivity contribution in [3.8, 4) is 11.4 Å².